The fraction of sp³-hybridized carbons (Fsp3) is 0.346. The summed E-state index contributed by atoms with van der Waals surface area (Å²) in [7, 11) is 0. The quantitative estimate of drug-likeness (QED) is 0.159. The highest BCUT2D eigenvalue weighted by molar-refractivity contribution is 5.97. The lowest BCUT2D eigenvalue weighted by Crippen LogP contribution is -2.51. The number of hydrogen-bond acceptors (Lipinski definition) is 7. The van der Waals surface area contributed by atoms with Crippen LogP contribution in [0.3, 0.4) is 0 Å². The molecule has 7 N–H and O–H groups in total. The first kappa shape index (κ1) is 26.8. The summed E-state index contributed by atoms with van der Waals surface area (Å²) < 4.78 is 0. The van der Waals surface area contributed by atoms with Gasteiger partial charge in [0.25, 0.3) is 11.8 Å². The van der Waals surface area contributed by atoms with E-state index >= 15 is 0 Å². The predicted octanol–water partition coefficient (Wildman–Crippen LogP) is 0.351. The van der Waals surface area contributed by atoms with Crippen LogP contribution in [0.15, 0.2) is 48.5 Å². The van der Waals surface area contributed by atoms with E-state index in [0.717, 1.165) is 31.5 Å². The van der Waals surface area contributed by atoms with E-state index in [2.05, 4.69) is 33.1 Å². The first-order valence-corrected chi connectivity index (χ1v) is 11.7. The van der Waals surface area contributed by atoms with E-state index in [1.165, 1.54) is 12.4 Å². The molecule has 1 saturated heterocycles. The lowest BCUT2D eigenvalue weighted by atomic mass is 10.1. The van der Waals surface area contributed by atoms with Gasteiger partial charge in [0.15, 0.2) is 0 Å². The molecule has 10 nitrogen and oxygen atoms in total. The second-order valence-corrected chi connectivity index (χ2v) is 8.53. The molecule has 3 amide bonds. The third-order valence-electron chi connectivity index (χ3n) is 5.72. The van der Waals surface area contributed by atoms with Gasteiger partial charge >= 0.3 is 0 Å². The highest BCUT2D eigenvalue weighted by atomic mass is 16.5. The molecule has 36 heavy (non-hydrogen) atoms. The molecule has 0 saturated carbocycles. The normalized spacial score (nSPS) is 15.1. The fourth-order valence-electron chi connectivity index (χ4n) is 3.65. The molecule has 2 aromatic carbocycles. The van der Waals surface area contributed by atoms with Crippen LogP contribution in [0.4, 0.5) is 5.69 Å². The van der Waals surface area contributed by atoms with Crippen molar-refractivity contribution < 1.29 is 24.7 Å². The molecule has 0 aliphatic carbocycles. The molecule has 0 radical (unpaired) electrons. The maximum absolute atomic E-state index is 12.3. The standard InChI is InChI=1S/C26H31N5O5/c1-17(32)24(26(35)31-36)30-25(34)20-8-4-18(5-9-20)2-3-19-6-10-22(11-7-19)29-23(33)16-28-21-12-14-27-15-13-21/h4-11,17,21,24,27-28,32,36H,12-16H2,1H3,(H,29,33)(H,30,34)(H,31,35)/t17-,24+/m1/s1. The van der Waals surface area contributed by atoms with Crippen molar-refractivity contribution in [3.8, 4) is 11.8 Å². The summed E-state index contributed by atoms with van der Waals surface area (Å²) in [6, 6.07) is 12.7. The molecular formula is C26H31N5O5. The van der Waals surface area contributed by atoms with Gasteiger partial charge in [0.05, 0.1) is 12.6 Å². The molecule has 1 aliphatic heterocycles. The van der Waals surface area contributed by atoms with Crippen molar-refractivity contribution in [3.05, 3.63) is 65.2 Å². The van der Waals surface area contributed by atoms with Crippen LogP contribution in [-0.2, 0) is 9.59 Å². The summed E-state index contributed by atoms with van der Waals surface area (Å²) in [5.74, 6) is 4.46. The van der Waals surface area contributed by atoms with E-state index in [0.29, 0.717) is 17.3 Å². The summed E-state index contributed by atoms with van der Waals surface area (Å²) in [5, 5.41) is 30.2. The Morgan fingerprint density at radius 1 is 1.00 bits per heavy atom. The molecule has 1 heterocycles. The number of anilines is 1. The summed E-state index contributed by atoms with van der Waals surface area (Å²) in [4.78, 5) is 36.1. The van der Waals surface area contributed by atoms with E-state index in [4.69, 9.17) is 5.21 Å². The predicted molar refractivity (Wildman–Crippen MR) is 134 cm³/mol. The Hall–Kier alpha value is -3.75. The van der Waals surface area contributed by atoms with Gasteiger partial charge in [-0.15, -0.1) is 0 Å². The molecule has 0 aromatic heterocycles. The van der Waals surface area contributed by atoms with Gasteiger partial charge in [0.2, 0.25) is 5.91 Å². The number of hydrogen-bond donors (Lipinski definition) is 7. The van der Waals surface area contributed by atoms with E-state index in [1.54, 1.807) is 36.4 Å². The minimum Gasteiger partial charge on any atom is -0.391 e. The lowest BCUT2D eigenvalue weighted by Gasteiger charge is -2.23. The minimum atomic E-state index is -1.29. The van der Waals surface area contributed by atoms with Crippen LogP contribution >= 0.6 is 0 Å². The number of hydroxylamine groups is 1. The number of piperidine rings is 1. The van der Waals surface area contributed by atoms with Crippen LogP contribution in [-0.4, -0.2) is 65.9 Å². The Morgan fingerprint density at radius 3 is 2.14 bits per heavy atom. The summed E-state index contributed by atoms with van der Waals surface area (Å²) in [6.07, 6.45) is 0.842. The highest BCUT2D eigenvalue weighted by Gasteiger charge is 2.25. The number of carbonyl (C=O) groups is 3. The fourth-order valence-corrected chi connectivity index (χ4v) is 3.65. The Balaban J connectivity index is 1.51. The maximum Gasteiger partial charge on any atom is 0.268 e. The monoisotopic (exact) mass is 493 g/mol. The first-order chi connectivity index (χ1) is 17.4. The summed E-state index contributed by atoms with van der Waals surface area (Å²) in [5.41, 5.74) is 3.82. The van der Waals surface area contributed by atoms with Crippen LogP contribution in [0.2, 0.25) is 0 Å². The summed E-state index contributed by atoms with van der Waals surface area (Å²) in [6.45, 7) is 3.54. The van der Waals surface area contributed by atoms with Gasteiger partial charge < -0.3 is 26.4 Å². The number of nitrogens with one attached hydrogen (secondary N) is 5. The van der Waals surface area contributed by atoms with Gasteiger partial charge in [0.1, 0.15) is 6.04 Å². The van der Waals surface area contributed by atoms with Crippen LogP contribution in [0.25, 0.3) is 0 Å². The second-order valence-electron chi connectivity index (χ2n) is 8.53. The van der Waals surface area contributed by atoms with Crippen LogP contribution in [0.1, 0.15) is 41.3 Å². The van der Waals surface area contributed by atoms with Crippen molar-refractivity contribution in [1.29, 1.82) is 0 Å². The lowest BCUT2D eigenvalue weighted by molar-refractivity contribution is -0.133. The van der Waals surface area contributed by atoms with Crippen LogP contribution in [0.5, 0.6) is 0 Å². The molecule has 10 heteroatoms. The minimum absolute atomic E-state index is 0.0896. The van der Waals surface area contributed by atoms with Crippen molar-refractivity contribution in [1.82, 2.24) is 21.4 Å². The Kier molecular flexibility index (Phi) is 9.97. The average molecular weight is 494 g/mol. The smallest absolute Gasteiger partial charge is 0.268 e. The zero-order valence-electron chi connectivity index (χ0n) is 20.0. The van der Waals surface area contributed by atoms with Gasteiger partial charge in [0, 0.05) is 28.4 Å². The topological polar surface area (TPSA) is 152 Å². The van der Waals surface area contributed by atoms with Gasteiger partial charge in [-0.2, -0.15) is 0 Å². The molecule has 3 rings (SSSR count). The van der Waals surface area contributed by atoms with E-state index in [-0.39, 0.29) is 18.0 Å². The molecule has 0 bridgehead atoms. The number of rotatable bonds is 8. The number of amides is 3. The number of aliphatic hydroxyl groups is 1. The van der Waals surface area contributed by atoms with E-state index < -0.39 is 24.0 Å². The summed E-state index contributed by atoms with van der Waals surface area (Å²) >= 11 is 0. The molecule has 0 spiro atoms. The van der Waals surface area contributed by atoms with Crippen molar-refractivity contribution in [2.75, 3.05) is 25.0 Å². The first-order valence-electron chi connectivity index (χ1n) is 11.7. The molecule has 1 fully saturated rings. The Labute approximate surface area is 209 Å². The van der Waals surface area contributed by atoms with Crippen LogP contribution < -0.4 is 26.7 Å². The zero-order chi connectivity index (χ0) is 25.9. The zero-order valence-corrected chi connectivity index (χ0v) is 20.0. The molecule has 0 unspecified atom stereocenters. The van der Waals surface area contributed by atoms with Crippen molar-refractivity contribution >= 4 is 23.4 Å². The average Bonchev–Trinajstić information content (AvgIpc) is 2.90. The third-order valence-corrected chi connectivity index (χ3v) is 5.72. The van der Waals surface area contributed by atoms with Gasteiger partial charge in [-0.3, -0.25) is 19.6 Å². The Bertz CT molecular complexity index is 1100. The van der Waals surface area contributed by atoms with Crippen LogP contribution in [0, 0.1) is 11.8 Å². The Morgan fingerprint density at radius 2 is 1.58 bits per heavy atom. The largest absolute Gasteiger partial charge is 0.391 e. The molecular weight excluding hydrogens is 462 g/mol. The number of carbonyl (C=O) groups excluding carboxylic acids is 3. The number of aliphatic hydroxyl groups excluding tert-OH is 1. The highest BCUT2D eigenvalue weighted by Crippen LogP contribution is 2.10. The molecule has 1 aliphatic rings. The van der Waals surface area contributed by atoms with E-state index in [1.807, 2.05) is 12.1 Å². The second kappa shape index (κ2) is 13.4. The van der Waals surface area contributed by atoms with E-state index in [9.17, 15) is 19.5 Å². The SMILES string of the molecule is C[C@@H](O)[C@H](NC(=O)c1ccc(C#Cc2ccc(NC(=O)CNC3CCNCC3)cc2)cc1)C(=O)NO. The molecule has 2 aromatic rings. The van der Waals surface area contributed by atoms with Crippen molar-refractivity contribution in [2.24, 2.45) is 0 Å². The van der Waals surface area contributed by atoms with Gasteiger partial charge in [-0.1, -0.05) is 11.8 Å². The third kappa shape index (κ3) is 8.18. The van der Waals surface area contributed by atoms with Crippen molar-refractivity contribution in [3.63, 3.8) is 0 Å². The van der Waals surface area contributed by atoms with Gasteiger partial charge in [-0.05, 0) is 81.4 Å². The van der Waals surface area contributed by atoms with Crippen molar-refractivity contribution in [2.45, 2.75) is 38.0 Å². The maximum atomic E-state index is 12.3. The molecule has 190 valence electrons. The van der Waals surface area contributed by atoms with Gasteiger partial charge in [-0.25, -0.2) is 5.48 Å². The number of benzene rings is 2. The molecule has 2 atom stereocenters.